The quantitative estimate of drug-likeness (QED) is 0.00889. The summed E-state index contributed by atoms with van der Waals surface area (Å²) in [5, 5.41) is 102. The lowest BCUT2D eigenvalue weighted by atomic mass is 9.84. The van der Waals surface area contributed by atoms with Gasteiger partial charge in [0.1, 0.15) is 92.6 Å². The van der Waals surface area contributed by atoms with E-state index in [1.54, 1.807) is 0 Å². The number of hydrogen-bond acceptors (Lipinski definition) is 24. The number of allylic oxidation sites excluding steroid dienone is 4. The van der Waals surface area contributed by atoms with E-state index in [0.717, 1.165) is 116 Å². The molecule has 0 amide bonds. The van der Waals surface area contributed by atoms with Crippen molar-refractivity contribution in [3.05, 3.63) is 24.3 Å². The second-order valence-electron chi connectivity index (χ2n) is 34.1. The van der Waals surface area contributed by atoms with Crippen molar-refractivity contribution in [2.75, 3.05) is 26.4 Å². The molecule has 686 valence electrons. The van der Waals surface area contributed by atoms with Crippen LogP contribution in [-0.2, 0) is 70.7 Å². The Kier molecular flexibility index (Phi) is 63.1. The first-order chi connectivity index (χ1) is 56.5. The van der Waals surface area contributed by atoms with Gasteiger partial charge in [-0.3, -0.25) is 28.2 Å². The third kappa shape index (κ3) is 49.3. The lowest BCUT2D eigenvalue weighted by Gasteiger charge is -2.50. The molecule has 3 rings (SSSR count). The maximum absolute atomic E-state index is 14.9. The van der Waals surface area contributed by atoms with Crippen molar-refractivity contribution in [2.45, 2.75) is 492 Å². The minimum absolute atomic E-state index is 0.0123. The molecular formula is C91H167O25P. The number of ether oxygens (including phenoxy) is 8. The molecule has 3 fully saturated rings. The second-order valence-corrected chi connectivity index (χ2v) is 35.5. The smallest absolute Gasteiger partial charge is 0.463 e. The molecule has 2 aliphatic heterocycles. The van der Waals surface area contributed by atoms with Crippen LogP contribution in [0.5, 0.6) is 0 Å². The number of aliphatic hydroxyl groups is 9. The normalized spacial score (nSPS) is 25.7. The Morgan fingerprint density at radius 3 is 1.11 bits per heavy atom. The SMILES string of the molecule is CCCCCCCC/C=C\CCCCCC(=O)OCC(COP(=O)(O)OC1C(OC2OC(CO)C(O)C(O)C2O)C(O)C(O)C(OC(=O)CCCCC/C=C\CCCCCCCC)C1OC1OC(COC(=O)CCCCCCCCC(C)CCCCCCCC)C(O)C(O)C1O)OC(=O)CCCCCCCCC(C)CCCCCCCC. The molecule has 20 unspecified atom stereocenters. The molecule has 20 atom stereocenters. The Hall–Kier alpha value is -3.05. The number of hydrogen-bond donors (Lipinski definition) is 10. The number of carbonyl (C=O) groups excluding carboxylic acids is 4. The van der Waals surface area contributed by atoms with Crippen LogP contribution in [0.25, 0.3) is 0 Å². The topological polar surface area (TPSA) is 380 Å². The zero-order chi connectivity index (χ0) is 85.7. The summed E-state index contributed by atoms with van der Waals surface area (Å²) in [6, 6.07) is 0. The van der Waals surface area contributed by atoms with Crippen LogP contribution in [0.2, 0.25) is 0 Å². The predicted molar refractivity (Wildman–Crippen MR) is 453 cm³/mol. The van der Waals surface area contributed by atoms with E-state index in [4.69, 9.17) is 46.9 Å². The number of carbonyl (C=O) groups is 4. The zero-order valence-electron chi connectivity index (χ0n) is 73.3. The summed E-state index contributed by atoms with van der Waals surface area (Å²) in [6.45, 7) is 10.2. The third-order valence-electron chi connectivity index (χ3n) is 23.2. The van der Waals surface area contributed by atoms with Crippen LogP contribution in [0.3, 0.4) is 0 Å². The van der Waals surface area contributed by atoms with E-state index in [2.05, 4.69) is 65.8 Å². The minimum Gasteiger partial charge on any atom is -0.463 e. The van der Waals surface area contributed by atoms with Crippen LogP contribution in [0.1, 0.15) is 388 Å². The maximum Gasteiger partial charge on any atom is 0.472 e. The Morgan fingerprint density at radius 1 is 0.359 bits per heavy atom. The van der Waals surface area contributed by atoms with Gasteiger partial charge in [0.2, 0.25) is 0 Å². The molecule has 0 aromatic heterocycles. The van der Waals surface area contributed by atoms with Crippen molar-refractivity contribution >= 4 is 31.7 Å². The van der Waals surface area contributed by atoms with Gasteiger partial charge in [0.05, 0.1) is 13.2 Å². The predicted octanol–water partition coefficient (Wildman–Crippen LogP) is 17.0. The Balaban J connectivity index is 1.94. The van der Waals surface area contributed by atoms with Gasteiger partial charge in [-0.1, -0.05) is 310 Å². The van der Waals surface area contributed by atoms with E-state index < -0.39 is 162 Å². The van der Waals surface area contributed by atoms with Gasteiger partial charge in [-0.15, -0.1) is 0 Å². The highest BCUT2D eigenvalue weighted by atomic mass is 31.2. The lowest BCUT2D eigenvalue weighted by molar-refractivity contribution is -0.360. The van der Waals surface area contributed by atoms with E-state index >= 15 is 0 Å². The molecule has 0 spiro atoms. The third-order valence-corrected chi connectivity index (χ3v) is 24.2. The van der Waals surface area contributed by atoms with Crippen LogP contribution in [0.4, 0.5) is 0 Å². The van der Waals surface area contributed by atoms with Crippen molar-refractivity contribution < 1.29 is 122 Å². The molecule has 25 nitrogen and oxygen atoms in total. The van der Waals surface area contributed by atoms with Gasteiger partial charge < -0.3 is 88.7 Å². The number of rotatable bonds is 74. The van der Waals surface area contributed by atoms with E-state index in [9.17, 15) is 74.6 Å². The highest BCUT2D eigenvalue weighted by Gasteiger charge is 2.60. The molecule has 1 saturated carbocycles. The van der Waals surface area contributed by atoms with E-state index in [1.807, 2.05) is 0 Å². The van der Waals surface area contributed by atoms with Crippen LogP contribution < -0.4 is 0 Å². The summed E-state index contributed by atoms with van der Waals surface area (Å²) >= 11 is 0. The lowest BCUT2D eigenvalue weighted by Crippen LogP contribution is -2.70. The number of esters is 4. The second kappa shape index (κ2) is 68.3. The molecule has 0 aromatic carbocycles. The van der Waals surface area contributed by atoms with Gasteiger partial charge in [-0.2, -0.15) is 0 Å². The van der Waals surface area contributed by atoms with E-state index in [-0.39, 0.29) is 32.1 Å². The van der Waals surface area contributed by atoms with Crippen LogP contribution in [0.15, 0.2) is 24.3 Å². The highest BCUT2D eigenvalue weighted by molar-refractivity contribution is 7.47. The van der Waals surface area contributed by atoms with Gasteiger partial charge in [-0.25, -0.2) is 4.57 Å². The molecule has 117 heavy (non-hydrogen) atoms. The van der Waals surface area contributed by atoms with E-state index in [1.165, 1.54) is 161 Å². The molecule has 1 aliphatic carbocycles. The van der Waals surface area contributed by atoms with E-state index in [0.29, 0.717) is 50.4 Å². The first-order valence-corrected chi connectivity index (χ1v) is 48.3. The summed E-state index contributed by atoms with van der Waals surface area (Å²) in [5.74, 6) is -1.65. The number of phosphoric acid groups is 1. The molecular weight excluding hydrogens is 1520 g/mol. The Morgan fingerprint density at radius 2 is 0.692 bits per heavy atom. The van der Waals surface area contributed by atoms with Crippen molar-refractivity contribution in [1.29, 1.82) is 0 Å². The molecule has 2 heterocycles. The number of unbranched alkanes of at least 4 members (excludes halogenated alkanes) is 38. The average molecular weight is 1690 g/mol. The maximum atomic E-state index is 14.9. The van der Waals surface area contributed by atoms with Gasteiger partial charge in [-0.05, 0) is 88.9 Å². The fourth-order valence-electron chi connectivity index (χ4n) is 15.6. The van der Waals surface area contributed by atoms with Crippen molar-refractivity contribution in [1.82, 2.24) is 0 Å². The molecule has 3 aliphatic rings. The number of phosphoric ester groups is 1. The standard InChI is InChI=1S/C91H167O25P/c1-7-11-15-19-23-25-27-29-31-33-35-45-53-61-74(93)107-66-71(110-76(95)63-55-48-40-38-44-52-60-70(6)58-50-42-22-18-14-10-4)67-109-117(105,106)116-89-87(114-90-84(103)80(99)78(97)72(65-92)111-90)83(102)82(101)86(113-77(96)64-56-47-36-34-32-30-28-26-24-20-16-12-8-2)88(89)115-91-85(104)81(100)79(98)73(112-91)68-108-75(94)62-54-46-39-37-43-51-59-69(5)57-49-41-21-17-13-9-3/h29-32,69-73,78-92,97-104H,7-28,33-68H2,1-6H3,(H,105,106)/b31-29-,32-30-. The van der Waals surface area contributed by atoms with Gasteiger partial charge >= 0.3 is 31.7 Å². The molecule has 0 bridgehead atoms. The minimum atomic E-state index is -5.82. The molecule has 10 N–H and O–H groups in total. The summed E-state index contributed by atoms with van der Waals surface area (Å²) in [7, 11) is -5.82. The van der Waals surface area contributed by atoms with Crippen molar-refractivity contribution in [2.24, 2.45) is 11.8 Å². The molecule has 0 radical (unpaired) electrons. The fraction of sp³-hybridized carbons (Fsp3) is 0.912. The van der Waals surface area contributed by atoms with Crippen molar-refractivity contribution in [3.63, 3.8) is 0 Å². The largest absolute Gasteiger partial charge is 0.472 e. The summed E-state index contributed by atoms with van der Waals surface area (Å²) in [4.78, 5) is 66.5. The summed E-state index contributed by atoms with van der Waals surface area (Å²) in [6.07, 6.45) is 24.9. The zero-order valence-corrected chi connectivity index (χ0v) is 74.2. The monoisotopic (exact) mass is 1690 g/mol. The average Bonchev–Trinajstić information content (AvgIpc) is 0.758. The van der Waals surface area contributed by atoms with Crippen LogP contribution in [0, 0.1) is 11.8 Å². The van der Waals surface area contributed by atoms with Gasteiger partial charge in [0.25, 0.3) is 0 Å². The van der Waals surface area contributed by atoms with Gasteiger partial charge in [0, 0.05) is 25.7 Å². The van der Waals surface area contributed by atoms with Gasteiger partial charge in [0.15, 0.2) is 24.8 Å². The summed E-state index contributed by atoms with van der Waals surface area (Å²) in [5.41, 5.74) is 0. The first-order valence-electron chi connectivity index (χ1n) is 46.9. The highest BCUT2D eigenvalue weighted by Crippen LogP contribution is 2.49. The molecule has 2 saturated heterocycles. The molecule has 26 heteroatoms. The summed E-state index contributed by atoms with van der Waals surface area (Å²) < 4.78 is 73.4. The van der Waals surface area contributed by atoms with Crippen LogP contribution in [-0.4, -0.2) is 205 Å². The van der Waals surface area contributed by atoms with Crippen LogP contribution >= 0.6 is 7.82 Å². The number of aliphatic hydroxyl groups excluding tert-OH is 9. The molecule has 0 aromatic rings. The van der Waals surface area contributed by atoms with Crippen molar-refractivity contribution in [3.8, 4) is 0 Å². The Bertz CT molecular complexity index is 2570. The Labute approximate surface area is 704 Å². The fourth-order valence-corrected chi connectivity index (χ4v) is 16.5. The first kappa shape index (κ1) is 108.